The molecule has 1 fully saturated rings. The van der Waals surface area contributed by atoms with Crippen molar-refractivity contribution in [3.63, 3.8) is 0 Å². The van der Waals surface area contributed by atoms with E-state index in [-0.39, 0.29) is 0 Å². The van der Waals surface area contributed by atoms with Gasteiger partial charge in [-0.2, -0.15) is 0 Å². The molecule has 26 heavy (non-hydrogen) atoms. The van der Waals surface area contributed by atoms with Crippen LogP contribution in [0, 0.1) is 13.8 Å². The number of fused-ring (bicyclic) bond motifs is 6. The third-order valence-electron chi connectivity index (χ3n) is 6.24. The lowest BCUT2D eigenvalue weighted by atomic mass is 9.84. The second kappa shape index (κ2) is 6.24. The van der Waals surface area contributed by atoms with Crippen LogP contribution in [0.2, 0.25) is 0 Å². The van der Waals surface area contributed by atoms with Gasteiger partial charge in [-0.25, -0.2) is 0 Å². The zero-order valence-corrected chi connectivity index (χ0v) is 15.8. The van der Waals surface area contributed by atoms with Crippen LogP contribution in [0.1, 0.15) is 53.4 Å². The van der Waals surface area contributed by atoms with Crippen molar-refractivity contribution in [2.45, 2.75) is 64.6 Å². The largest absolute Gasteiger partial charge is 0.344 e. The Balaban J connectivity index is 1.58. The Bertz CT molecular complexity index is 952. The van der Waals surface area contributed by atoms with Crippen LogP contribution in [0.15, 0.2) is 36.5 Å². The minimum Gasteiger partial charge on any atom is -0.344 e. The normalized spacial score (nSPS) is 21.8. The molecule has 4 heterocycles. The van der Waals surface area contributed by atoms with Gasteiger partial charge in [-0.1, -0.05) is 17.7 Å². The highest BCUT2D eigenvalue weighted by Gasteiger charge is 2.34. The Morgan fingerprint density at radius 1 is 1.15 bits per heavy atom. The highest BCUT2D eigenvalue weighted by molar-refractivity contribution is 5.87. The van der Waals surface area contributed by atoms with Gasteiger partial charge in [-0.05, 0) is 68.9 Å². The maximum Gasteiger partial charge on any atom is 0.0486 e. The summed E-state index contributed by atoms with van der Waals surface area (Å²) in [5.41, 5.74) is 8.35. The third-order valence-corrected chi connectivity index (χ3v) is 6.24. The maximum absolute atomic E-state index is 4.47. The van der Waals surface area contributed by atoms with E-state index in [9.17, 15) is 0 Å². The molecule has 0 amide bonds. The first-order valence-corrected chi connectivity index (χ1v) is 9.98. The van der Waals surface area contributed by atoms with Crippen LogP contribution < -0.4 is 5.32 Å². The fourth-order valence-electron chi connectivity index (χ4n) is 4.94. The first-order valence-electron chi connectivity index (χ1n) is 9.98. The third kappa shape index (κ3) is 2.66. The fourth-order valence-corrected chi connectivity index (χ4v) is 4.94. The molecule has 0 aliphatic carbocycles. The van der Waals surface area contributed by atoms with Crippen molar-refractivity contribution < 1.29 is 0 Å². The molecule has 3 heteroatoms. The van der Waals surface area contributed by atoms with Crippen LogP contribution in [0.25, 0.3) is 10.9 Å². The molecule has 1 N–H and O–H groups in total. The Morgan fingerprint density at radius 3 is 2.92 bits per heavy atom. The van der Waals surface area contributed by atoms with E-state index in [1.54, 1.807) is 11.3 Å². The van der Waals surface area contributed by atoms with Crippen molar-refractivity contribution in [2.75, 3.05) is 0 Å². The van der Waals surface area contributed by atoms with Gasteiger partial charge in [-0.15, -0.1) is 0 Å². The minimum absolute atomic E-state index is 0.545. The monoisotopic (exact) mass is 345 g/mol. The molecule has 2 aromatic heterocycles. The number of aryl methyl sites for hydroxylation is 4. The number of piperidine rings is 1. The summed E-state index contributed by atoms with van der Waals surface area (Å²) in [5.74, 6) is 0. The predicted octanol–water partition coefficient (Wildman–Crippen LogP) is 4.64. The molecule has 2 atom stereocenters. The number of benzene rings is 1. The van der Waals surface area contributed by atoms with Gasteiger partial charge in [-0.3, -0.25) is 4.98 Å². The van der Waals surface area contributed by atoms with Crippen molar-refractivity contribution in [1.82, 2.24) is 14.9 Å². The summed E-state index contributed by atoms with van der Waals surface area (Å²) >= 11 is 0. The van der Waals surface area contributed by atoms with E-state index in [1.807, 2.05) is 13.1 Å². The molecule has 0 radical (unpaired) electrons. The van der Waals surface area contributed by atoms with Gasteiger partial charge in [0.25, 0.3) is 0 Å². The number of nitrogens with one attached hydrogen (secondary N) is 1. The number of nitrogens with zero attached hydrogens (tertiary/aromatic N) is 2. The standard InChI is InChI=1S/C23H27N3/c1-15-6-9-21-19(12-15)23-20-5-3-4-18(25-20)13-22(23)26(21)11-10-17-8-7-16(2)24-14-17/h6-9,12,14,18,20,25H,3-5,10-11,13H2,1-2H3. The average Bonchev–Trinajstić information content (AvgIpc) is 2.94. The zero-order valence-electron chi connectivity index (χ0n) is 15.8. The van der Waals surface area contributed by atoms with Gasteiger partial charge in [0.05, 0.1) is 0 Å². The quantitative estimate of drug-likeness (QED) is 0.750. The fraction of sp³-hybridized carbons (Fsp3) is 0.435. The van der Waals surface area contributed by atoms with Gasteiger partial charge >= 0.3 is 0 Å². The second-order valence-corrected chi connectivity index (χ2v) is 8.14. The number of hydrogen-bond donors (Lipinski definition) is 1. The molecule has 1 saturated heterocycles. The van der Waals surface area contributed by atoms with E-state index in [2.05, 4.69) is 52.1 Å². The highest BCUT2D eigenvalue weighted by Crippen LogP contribution is 2.41. The Morgan fingerprint density at radius 2 is 2.08 bits per heavy atom. The van der Waals surface area contributed by atoms with Crippen LogP contribution >= 0.6 is 0 Å². The van der Waals surface area contributed by atoms with Gasteiger partial charge in [0, 0.05) is 53.5 Å². The summed E-state index contributed by atoms with van der Waals surface area (Å²) in [4.78, 5) is 4.47. The Kier molecular flexibility index (Phi) is 3.86. The van der Waals surface area contributed by atoms with Crippen molar-refractivity contribution in [2.24, 2.45) is 0 Å². The minimum atomic E-state index is 0.545. The van der Waals surface area contributed by atoms with Crippen LogP contribution in [-0.2, 0) is 19.4 Å². The molecule has 1 aromatic carbocycles. The number of hydrogen-bond acceptors (Lipinski definition) is 2. The van der Waals surface area contributed by atoms with Crippen molar-refractivity contribution in [3.8, 4) is 0 Å². The first-order chi connectivity index (χ1) is 12.7. The summed E-state index contributed by atoms with van der Waals surface area (Å²) < 4.78 is 2.61. The molecule has 0 spiro atoms. The van der Waals surface area contributed by atoms with Gasteiger partial charge in [0.1, 0.15) is 0 Å². The summed E-state index contributed by atoms with van der Waals surface area (Å²) in [7, 11) is 0. The average molecular weight is 345 g/mol. The maximum atomic E-state index is 4.47. The molecule has 3 aromatic rings. The van der Waals surface area contributed by atoms with Crippen molar-refractivity contribution >= 4 is 10.9 Å². The molecule has 2 aliphatic rings. The van der Waals surface area contributed by atoms with Gasteiger partial charge < -0.3 is 9.88 Å². The topological polar surface area (TPSA) is 29.9 Å². The summed E-state index contributed by atoms with van der Waals surface area (Å²) in [5, 5.41) is 5.36. The molecular formula is C23H27N3. The Labute approximate surface area is 155 Å². The predicted molar refractivity (Wildman–Crippen MR) is 107 cm³/mol. The van der Waals surface area contributed by atoms with E-state index in [4.69, 9.17) is 0 Å². The van der Waals surface area contributed by atoms with E-state index in [1.165, 1.54) is 47.7 Å². The first kappa shape index (κ1) is 16.1. The molecule has 3 nitrogen and oxygen atoms in total. The number of rotatable bonds is 3. The molecule has 0 saturated carbocycles. The molecule has 5 rings (SSSR count). The van der Waals surface area contributed by atoms with Crippen molar-refractivity contribution in [1.29, 1.82) is 0 Å². The molecule has 2 unspecified atom stereocenters. The second-order valence-electron chi connectivity index (χ2n) is 8.14. The lowest BCUT2D eigenvalue weighted by Crippen LogP contribution is -2.43. The zero-order chi connectivity index (χ0) is 17.7. The molecule has 2 bridgehead atoms. The van der Waals surface area contributed by atoms with Gasteiger partial charge in [0.15, 0.2) is 0 Å². The van der Waals surface area contributed by atoms with Gasteiger partial charge in [0.2, 0.25) is 0 Å². The molecule has 2 aliphatic heterocycles. The van der Waals surface area contributed by atoms with E-state index in [0.717, 1.165) is 18.7 Å². The van der Waals surface area contributed by atoms with Crippen LogP contribution in [0.3, 0.4) is 0 Å². The smallest absolute Gasteiger partial charge is 0.0486 e. The molecule has 134 valence electrons. The number of aromatic nitrogens is 2. The Hall–Kier alpha value is -2.13. The summed E-state index contributed by atoms with van der Waals surface area (Å²) in [6.45, 7) is 5.30. The summed E-state index contributed by atoms with van der Waals surface area (Å²) in [6, 6.07) is 12.5. The van der Waals surface area contributed by atoms with Crippen LogP contribution in [-0.4, -0.2) is 15.6 Å². The number of pyridine rings is 1. The van der Waals surface area contributed by atoms with Crippen molar-refractivity contribution in [3.05, 3.63) is 64.6 Å². The lowest BCUT2D eigenvalue weighted by molar-refractivity contribution is 0.298. The molecular weight excluding hydrogens is 318 g/mol. The van der Waals surface area contributed by atoms with E-state index in [0.29, 0.717) is 12.1 Å². The van der Waals surface area contributed by atoms with Crippen LogP contribution in [0.4, 0.5) is 0 Å². The summed E-state index contributed by atoms with van der Waals surface area (Å²) in [6.07, 6.45) is 8.20. The van der Waals surface area contributed by atoms with E-state index < -0.39 is 0 Å². The lowest BCUT2D eigenvalue weighted by Gasteiger charge is -2.37. The van der Waals surface area contributed by atoms with Crippen LogP contribution in [0.5, 0.6) is 0 Å². The van der Waals surface area contributed by atoms with E-state index >= 15 is 0 Å². The SMILES string of the molecule is Cc1ccc2c(c1)c1c(n2CCc2ccc(C)nc2)CC2CCCC1N2. The highest BCUT2D eigenvalue weighted by atomic mass is 15.1.